The van der Waals surface area contributed by atoms with E-state index in [-0.39, 0.29) is 0 Å². The molecule has 0 aromatic rings. The minimum absolute atomic E-state index is 2.82. The summed E-state index contributed by atoms with van der Waals surface area (Å²) in [5, 5.41) is 0. The van der Waals surface area contributed by atoms with Gasteiger partial charge in [-0.15, -0.1) is 0 Å². The van der Waals surface area contributed by atoms with Crippen molar-refractivity contribution in [3.05, 3.63) is 0 Å². The maximum atomic E-state index is 12.2. The number of rotatable bonds is 4. The fraction of sp³-hybridized carbons (Fsp3) is 0.500. The van der Waals surface area contributed by atoms with Crippen LogP contribution < -0.4 is 0 Å². The molecule has 0 spiro atoms. The Bertz CT molecular complexity index is 556. The van der Waals surface area contributed by atoms with E-state index in [0.717, 1.165) is 0 Å². The summed E-state index contributed by atoms with van der Waals surface area (Å²) >= 11 is -8.74. The molecule has 0 rings (SSSR count). The summed E-state index contributed by atoms with van der Waals surface area (Å²) in [6, 6.07) is 0. The number of carbonyl (C=O) groups excluding carboxylic acids is 4. The van der Waals surface area contributed by atoms with E-state index < -0.39 is 68.6 Å². The van der Waals surface area contributed by atoms with Gasteiger partial charge < -0.3 is 0 Å². The molecular formula is C8F12O8Sn. The Morgan fingerprint density at radius 1 is 0.414 bits per heavy atom. The molecule has 0 aliphatic carbocycles. The zero-order valence-corrected chi connectivity index (χ0v) is 15.2. The van der Waals surface area contributed by atoms with Gasteiger partial charge in [-0.05, 0) is 0 Å². The van der Waals surface area contributed by atoms with Crippen LogP contribution in [0.3, 0.4) is 0 Å². The van der Waals surface area contributed by atoms with Gasteiger partial charge in [0.1, 0.15) is 0 Å². The molecule has 21 heteroatoms. The Balaban J connectivity index is 6.42. The minimum atomic E-state index is -8.74. The Morgan fingerprint density at radius 3 is 0.655 bits per heavy atom. The van der Waals surface area contributed by atoms with Crippen molar-refractivity contribution in [2.75, 3.05) is 0 Å². The van der Waals surface area contributed by atoms with Gasteiger partial charge in [-0.1, -0.05) is 0 Å². The van der Waals surface area contributed by atoms with E-state index >= 15 is 0 Å². The second-order valence-corrected chi connectivity index (χ2v) is 9.23. The molecule has 29 heavy (non-hydrogen) atoms. The molecule has 0 radical (unpaired) electrons. The summed E-state index contributed by atoms with van der Waals surface area (Å²) in [6.07, 6.45) is -25.4. The van der Waals surface area contributed by atoms with Gasteiger partial charge in [0.2, 0.25) is 0 Å². The monoisotopic (exact) mass is 572 g/mol. The zero-order chi connectivity index (χ0) is 23.6. The number of hydrogen-bond donors (Lipinski definition) is 0. The third-order valence-corrected chi connectivity index (χ3v) is 6.77. The van der Waals surface area contributed by atoms with Gasteiger partial charge in [-0.25, -0.2) is 0 Å². The molecule has 168 valence electrons. The van der Waals surface area contributed by atoms with Gasteiger partial charge >= 0.3 is 153 Å². The molecule has 8 nitrogen and oxygen atoms in total. The van der Waals surface area contributed by atoms with E-state index in [9.17, 15) is 71.9 Å². The molecule has 0 aromatic heterocycles. The first-order valence-electron chi connectivity index (χ1n) is 5.72. The van der Waals surface area contributed by atoms with Gasteiger partial charge in [0.25, 0.3) is 0 Å². The molecule has 0 aliphatic heterocycles. The van der Waals surface area contributed by atoms with Crippen molar-refractivity contribution in [2.45, 2.75) is 24.7 Å². The molecule has 0 aliphatic rings. The molecule has 0 bridgehead atoms. The number of carbonyl (C=O) groups is 4. The topological polar surface area (TPSA) is 105 Å². The predicted molar refractivity (Wildman–Crippen MR) is 54.3 cm³/mol. The van der Waals surface area contributed by atoms with Crippen molar-refractivity contribution in [1.29, 1.82) is 0 Å². The summed E-state index contributed by atoms with van der Waals surface area (Å²) < 4.78 is 157. The van der Waals surface area contributed by atoms with Gasteiger partial charge in [0, 0.05) is 0 Å². The molecule has 0 aromatic carbocycles. The average molecular weight is 571 g/mol. The SMILES string of the molecule is O=C([O][Sn]([O]C(=O)C(F)(F)F)([O]C(=O)C(F)(F)F)[O]C(=O)C(F)(F)F)C(F)(F)F. The van der Waals surface area contributed by atoms with Gasteiger partial charge in [0.15, 0.2) is 0 Å². The van der Waals surface area contributed by atoms with Crippen LogP contribution in [0.15, 0.2) is 0 Å². The van der Waals surface area contributed by atoms with Gasteiger partial charge in [-0.3, -0.25) is 0 Å². The second kappa shape index (κ2) is 8.29. The maximum absolute atomic E-state index is 12.2. The average Bonchev–Trinajstić information content (AvgIpc) is 2.42. The second-order valence-electron chi connectivity index (χ2n) is 4.05. The van der Waals surface area contributed by atoms with Crippen LogP contribution in [-0.2, 0) is 31.5 Å². The van der Waals surface area contributed by atoms with Crippen molar-refractivity contribution in [1.82, 2.24) is 0 Å². The standard InChI is InChI=1S/4C2HF3O2.Sn/c4*3-2(4,5)1(6)7;/h4*(H,6,7);/q;;;;+4/p-4. The first kappa shape index (κ1) is 26.8. The quantitative estimate of drug-likeness (QED) is 0.373. The van der Waals surface area contributed by atoms with Gasteiger partial charge in [0.05, 0.1) is 0 Å². The van der Waals surface area contributed by atoms with Crippen LogP contribution in [0.25, 0.3) is 0 Å². The molecule has 0 heterocycles. The third kappa shape index (κ3) is 8.39. The van der Waals surface area contributed by atoms with Crippen LogP contribution in [0, 0.1) is 0 Å². The number of hydrogen-bond acceptors (Lipinski definition) is 8. The fourth-order valence-electron chi connectivity index (χ4n) is 0.811. The molecule has 0 saturated heterocycles. The van der Waals surface area contributed by atoms with Crippen LogP contribution in [0.4, 0.5) is 52.7 Å². The van der Waals surface area contributed by atoms with Crippen molar-refractivity contribution < 1.29 is 84.2 Å². The van der Waals surface area contributed by atoms with Crippen molar-refractivity contribution >= 4 is 43.9 Å². The Labute approximate surface area is 153 Å². The fourth-order valence-corrected chi connectivity index (χ4v) is 5.44. The summed E-state index contributed by atoms with van der Waals surface area (Å²) in [7, 11) is 0. The van der Waals surface area contributed by atoms with Crippen LogP contribution in [0.5, 0.6) is 0 Å². The zero-order valence-electron chi connectivity index (χ0n) is 12.3. The van der Waals surface area contributed by atoms with Crippen molar-refractivity contribution in [2.24, 2.45) is 0 Å². The van der Waals surface area contributed by atoms with Crippen LogP contribution in [0.1, 0.15) is 0 Å². The third-order valence-electron chi connectivity index (χ3n) is 1.80. The predicted octanol–water partition coefficient (Wildman–Crippen LogP) is 1.84. The van der Waals surface area contributed by atoms with Crippen LogP contribution in [0.2, 0.25) is 0 Å². The Hall–Kier alpha value is -2.16. The van der Waals surface area contributed by atoms with E-state index in [4.69, 9.17) is 0 Å². The summed E-state index contributed by atoms with van der Waals surface area (Å²) in [6.45, 7) is 0. The van der Waals surface area contributed by atoms with E-state index in [1.54, 1.807) is 0 Å². The number of alkyl halides is 12. The van der Waals surface area contributed by atoms with E-state index in [1.165, 1.54) is 0 Å². The molecule has 0 fully saturated rings. The normalized spacial score (nSPS) is 13.4. The summed E-state index contributed by atoms with van der Waals surface area (Å²) in [5.74, 6) is -15.6. The molecule has 0 N–H and O–H groups in total. The van der Waals surface area contributed by atoms with E-state index in [2.05, 4.69) is 12.3 Å². The molecule has 0 unspecified atom stereocenters. The van der Waals surface area contributed by atoms with E-state index in [1.807, 2.05) is 0 Å². The molecular weight excluding hydrogens is 571 g/mol. The van der Waals surface area contributed by atoms with Crippen molar-refractivity contribution in [3.8, 4) is 0 Å². The first-order valence-corrected chi connectivity index (χ1v) is 10.4. The first-order chi connectivity index (χ1) is 12.5. The van der Waals surface area contributed by atoms with Crippen molar-refractivity contribution in [3.63, 3.8) is 0 Å². The molecule has 0 amide bonds. The summed E-state index contributed by atoms with van der Waals surface area (Å²) in [4.78, 5) is 42.6. The van der Waals surface area contributed by atoms with Gasteiger partial charge in [-0.2, -0.15) is 0 Å². The van der Waals surface area contributed by atoms with Crippen LogP contribution in [-0.4, -0.2) is 68.6 Å². The Morgan fingerprint density at radius 2 is 0.552 bits per heavy atom. The number of halogens is 12. The molecule has 0 atom stereocenters. The molecule has 0 saturated carbocycles. The Kier molecular flexibility index (Phi) is 7.68. The van der Waals surface area contributed by atoms with Crippen LogP contribution >= 0.6 is 0 Å². The van der Waals surface area contributed by atoms with E-state index in [0.29, 0.717) is 0 Å². The summed E-state index contributed by atoms with van der Waals surface area (Å²) in [5.41, 5.74) is 0.